The Labute approximate surface area is 200 Å². The number of rotatable bonds is 6. The lowest BCUT2D eigenvalue weighted by Gasteiger charge is -2.29. The van der Waals surface area contributed by atoms with Gasteiger partial charge in [-0.25, -0.2) is 4.79 Å². The third kappa shape index (κ3) is 3.81. The number of benzene rings is 2. The molecule has 1 N–H and O–H groups in total. The van der Waals surface area contributed by atoms with E-state index in [1.807, 2.05) is 31.2 Å². The molecule has 0 fully saturated rings. The number of carbonyl (C=O) groups excluding carboxylic acids is 2. The van der Waals surface area contributed by atoms with Crippen LogP contribution in [-0.4, -0.2) is 32.1 Å². The molecule has 2 aliphatic rings. The number of fused-ring (bicyclic) bond motifs is 2. The van der Waals surface area contributed by atoms with Crippen molar-refractivity contribution in [2.75, 3.05) is 20.3 Å². The summed E-state index contributed by atoms with van der Waals surface area (Å²) in [7, 11) is 1.33. The molecule has 0 saturated heterocycles. The summed E-state index contributed by atoms with van der Waals surface area (Å²) in [4.78, 5) is 26.4. The Morgan fingerprint density at radius 1 is 1.21 bits per heavy atom. The smallest absolute Gasteiger partial charge is 0.336 e. The molecule has 0 bridgehead atoms. The summed E-state index contributed by atoms with van der Waals surface area (Å²) >= 11 is 3.55. The number of allylic oxidation sites excluding steroid dienone is 2. The summed E-state index contributed by atoms with van der Waals surface area (Å²) in [5.41, 5.74) is 4.27. The molecule has 0 aromatic heterocycles. The second-order valence-electron chi connectivity index (χ2n) is 7.51. The summed E-state index contributed by atoms with van der Waals surface area (Å²) in [5.74, 6) is 2.06. The predicted molar refractivity (Wildman–Crippen MR) is 128 cm³/mol. The molecule has 2 aromatic rings. The van der Waals surface area contributed by atoms with E-state index in [1.165, 1.54) is 7.11 Å². The van der Waals surface area contributed by atoms with Crippen LogP contribution >= 0.6 is 15.9 Å². The lowest BCUT2D eigenvalue weighted by molar-refractivity contribution is -0.136. The van der Waals surface area contributed by atoms with Crippen LogP contribution < -0.4 is 14.8 Å². The first-order valence-electron chi connectivity index (χ1n) is 10.4. The van der Waals surface area contributed by atoms with Crippen molar-refractivity contribution in [3.05, 3.63) is 74.4 Å². The van der Waals surface area contributed by atoms with Crippen molar-refractivity contribution in [1.29, 1.82) is 0 Å². The van der Waals surface area contributed by atoms with Crippen molar-refractivity contribution in [2.45, 2.75) is 19.8 Å². The van der Waals surface area contributed by atoms with Crippen molar-refractivity contribution in [3.63, 3.8) is 0 Å². The standard InChI is InChI=1S/C26H22BrNO5/c1-5-11-33-25-18(27)12-15(13-19(25)32-6-2)21-20(26(30)31-4)14(3)28-23-16-9-7-8-10-17(16)24(29)22(21)23/h1,7-10,12-13,21,28H,6,11H2,2-4H3/t21-/m1/s1. The number of esters is 1. The number of ether oxygens (including phenoxy) is 3. The Bertz CT molecular complexity index is 1270. The van der Waals surface area contributed by atoms with E-state index in [0.717, 1.165) is 5.56 Å². The van der Waals surface area contributed by atoms with Crippen molar-refractivity contribution >= 4 is 33.4 Å². The second-order valence-corrected chi connectivity index (χ2v) is 8.36. The minimum Gasteiger partial charge on any atom is -0.490 e. The first-order valence-corrected chi connectivity index (χ1v) is 11.2. The summed E-state index contributed by atoms with van der Waals surface area (Å²) < 4.78 is 17.2. The van der Waals surface area contributed by atoms with Crippen LogP contribution in [0.1, 0.15) is 41.3 Å². The molecule has 33 heavy (non-hydrogen) atoms. The normalized spacial score (nSPS) is 16.6. The monoisotopic (exact) mass is 507 g/mol. The number of dihydropyridines is 1. The average molecular weight is 508 g/mol. The Morgan fingerprint density at radius 3 is 2.61 bits per heavy atom. The van der Waals surface area contributed by atoms with Gasteiger partial charge < -0.3 is 19.5 Å². The second kappa shape index (κ2) is 9.16. The molecular formula is C26H22BrNO5. The molecule has 0 unspecified atom stereocenters. The Balaban J connectivity index is 1.94. The molecule has 168 valence electrons. The zero-order valence-corrected chi connectivity index (χ0v) is 20.0. The fourth-order valence-corrected chi connectivity index (χ4v) is 4.89. The number of nitrogens with one attached hydrogen (secondary N) is 1. The number of terminal acetylenes is 1. The maximum Gasteiger partial charge on any atom is 0.336 e. The molecule has 0 spiro atoms. The van der Waals surface area contributed by atoms with Gasteiger partial charge in [0.15, 0.2) is 17.3 Å². The lowest BCUT2D eigenvalue weighted by atomic mass is 9.79. The maximum atomic E-state index is 13.5. The van der Waals surface area contributed by atoms with Gasteiger partial charge in [-0.3, -0.25) is 4.79 Å². The minimum absolute atomic E-state index is 0.0703. The van der Waals surface area contributed by atoms with Crippen LogP contribution in [-0.2, 0) is 9.53 Å². The largest absolute Gasteiger partial charge is 0.490 e. The van der Waals surface area contributed by atoms with Crippen LogP contribution in [0.2, 0.25) is 0 Å². The first-order chi connectivity index (χ1) is 15.9. The summed E-state index contributed by atoms with van der Waals surface area (Å²) in [5, 5.41) is 3.27. The highest BCUT2D eigenvalue weighted by Crippen LogP contribution is 2.49. The molecular weight excluding hydrogens is 486 g/mol. The molecule has 0 radical (unpaired) electrons. The molecule has 4 rings (SSSR count). The molecule has 0 saturated carbocycles. The van der Waals surface area contributed by atoms with Gasteiger partial charge in [0.2, 0.25) is 0 Å². The SMILES string of the molecule is C#CCOc1c(Br)cc([C@@H]2C(C(=O)OC)=C(C)NC3=C2C(=O)c2ccccc23)cc1OCC. The number of hydrogen-bond donors (Lipinski definition) is 1. The van der Waals surface area contributed by atoms with Gasteiger partial charge in [-0.15, -0.1) is 6.42 Å². The molecule has 1 heterocycles. The quantitative estimate of drug-likeness (QED) is 0.454. The van der Waals surface area contributed by atoms with E-state index in [9.17, 15) is 9.59 Å². The highest BCUT2D eigenvalue weighted by Gasteiger charge is 2.43. The number of Topliss-reactive ketones (excluding diaryl/α,β-unsaturated/α-hetero) is 1. The van der Waals surface area contributed by atoms with Crippen LogP contribution in [0.15, 0.2) is 57.7 Å². The van der Waals surface area contributed by atoms with Crippen molar-refractivity contribution in [2.24, 2.45) is 0 Å². The third-order valence-electron chi connectivity index (χ3n) is 5.62. The van der Waals surface area contributed by atoms with E-state index < -0.39 is 11.9 Å². The summed E-state index contributed by atoms with van der Waals surface area (Å²) in [6.07, 6.45) is 5.36. The van der Waals surface area contributed by atoms with Gasteiger partial charge in [0.25, 0.3) is 0 Å². The molecule has 1 aliphatic carbocycles. The number of methoxy groups -OCH3 is 1. The highest BCUT2D eigenvalue weighted by molar-refractivity contribution is 9.10. The van der Waals surface area contributed by atoms with Crippen molar-refractivity contribution in [1.82, 2.24) is 5.32 Å². The molecule has 1 atom stereocenters. The van der Waals surface area contributed by atoms with Crippen molar-refractivity contribution in [3.8, 4) is 23.8 Å². The number of carbonyl (C=O) groups is 2. The Kier molecular flexibility index (Phi) is 6.30. The van der Waals surface area contributed by atoms with Gasteiger partial charge in [-0.05, 0) is 47.5 Å². The lowest BCUT2D eigenvalue weighted by Crippen LogP contribution is -2.29. The van der Waals surface area contributed by atoms with E-state index in [0.29, 0.717) is 56.2 Å². The van der Waals surface area contributed by atoms with E-state index in [4.69, 9.17) is 20.6 Å². The molecule has 1 aliphatic heterocycles. The topological polar surface area (TPSA) is 73.9 Å². The van der Waals surface area contributed by atoms with Gasteiger partial charge in [0, 0.05) is 28.3 Å². The van der Waals surface area contributed by atoms with Crippen LogP contribution in [0.5, 0.6) is 11.5 Å². The highest BCUT2D eigenvalue weighted by atomic mass is 79.9. The fraction of sp³-hybridized carbons (Fsp3) is 0.231. The minimum atomic E-state index is -0.661. The van der Waals surface area contributed by atoms with Crippen LogP contribution in [0.25, 0.3) is 5.70 Å². The van der Waals surface area contributed by atoms with Gasteiger partial charge in [-0.1, -0.05) is 30.2 Å². The number of ketones is 1. The zero-order chi connectivity index (χ0) is 23.7. The van der Waals surface area contributed by atoms with Gasteiger partial charge in [0.05, 0.1) is 29.5 Å². The predicted octanol–water partition coefficient (Wildman–Crippen LogP) is 4.60. The fourth-order valence-electron chi connectivity index (χ4n) is 4.31. The molecule has 2 aromatic carbocycles. The average Bonchev–Trinajstić information content (AvgIpc) is 3.09. The number of hydrogen-bond acceptors (Lipinski definition) is 6. The molecule has 7 heteroatoms. The maximum absolute atomic E-state index is 13.5. The van der Waals surface area contributed by atoms with E-state index in [-0.39, 0.29) is 12.4 Å². The Hall–Kier alpha value is -3.50. The van der Waals surface area contributed by atoms with Gasteiger partial charge in [0.1, 0.15) is 6.61 Å². The third-order valence-corrected chi connectivity index (χ3v) is 6.21. The molecule has 6 nitrogen and oxygen atoms in total. The zero-order valence-electron chi connectivity index (χ0n) is 18.5. The van der Waals surface area contributed by atoms with Gasteiger partial charge >= 0.3 is 5.97 Å². The van der Waals surface area contributed by atoms with Crippen LogP contribution in [0.4, 0.5) is 0 Å². The van der Waals surface area contributed by atoms with E-state index >= 15 is 0 Å². The van der Waals surface area contributed by atoms with Gasteiger partial charge in [-0.2, -0.15) is 0 Å². The molecule has 0 amide bonds. The van der Waals surface area contributed by atoms with Crippen LogP contribution in [0, 0.1) is 12.3 Å². The van der Waals surface area contributed by atoms with E-state index in [2.05, 4.69) is 27.2 Å². The number of halogens is 1. The summed E-state index contributed by atoms with van der Waals surface area (Å²) in [6.45, 7) is 4.13. The first kappa shape index (κ1) is 22.7. The summed E-state index contributed by atoms with van der Waals surface area (Å²) in [6, 6.07) is 11.0. The van der Waals surface area contributed by atoms with E-state index in [1.54, 1.807) is 19.1 Å². The Morgan fingerprint density at radius 2 is 1.94 bits per heavy atom. The van der Waals surface area contributed by atoms with Crippen molar-refractivity contribution < 1.29 is 23.8 Å². The van der Waals surface area contributed by atoms with Crippen LogP contribution in [0.3, 0.4) is 0 Å².